The van der Waals surface area contributed by atoms with Crippen LogP contribution in [0.3, 0.4) is 0 Å². The lowest BCUT2D eigenvalue weighted by molar-refractivity contribution is -0.126. The van der Waals surface area contributed by atoms with Gasteiger partial charge in [-0.25, -0.2) is 0 Å². The molecule has 0 bridgehead atoms. The first-order valence-electron chi connectivity index (χ1n) is 6.33. The van der Waals surface area contributed by atoms with Crippen LogP contribution >= 0.6 is 22.6 Å². The summed E-state index contributed by atoms with van der Waals surface area (Å²) in [5.74, 6) is 0.487. The van der Waals surface area contributed by atoms with E-state index in [1.807, 2.05) is 24.3 Å². The third-order valence-corrected chi connectivity index (χ3v) is 4.81. The normalized spacial score (nSPS) is 23.3. The highest BCUT2D eigenvalue weighted by Crippen LogP contribution is 2.35. The molecule has 0 aromatic heterocycles. The second kappa shape index (κ2) is 5.57. The number of halogens is 1. The van der Waals surface area contributed by atoms with Gasteiger partial charge in [-0.05, 0) is 53.6 Å². The molecule has 1 unspecified atom stereocenters. The van der Waals surface area contributed by atoms with Crippen LogP contribution in [0.5, 0.6) is 0 Å². The molecule has 0 spiro atoms. The third kappa shape index (κ3) is 2.54. The van der Waals surface area contributed by atoms with E-state index in [2.05, 4.69) is 47.1 Å². The molecule has 1 fully saturated rings. The van der Waals surface area contributed by atoms with Crippen molar-refractivity contribution in [1.29, 1.82) is 0 Å². The lowest BCUT2D eigenvalue weighted by atomic mass is 9.75. The van der Waals surface area contributed by atoms with Crippen LogP contribution in [0, 0.1) is 14.9 Å². The van der Waals surface area contributed by atoms with Crippen molar-refractivity contribution in [3.63, 3.8) is 0 Å². The Bertz CT molecular complexity index is 439. The zero-order valence-corrected chi connectivity index (χ0v) is 13.0. The minimum Gasteiger partial charge on any atom is -0.325 e. The smallest absolute Gasteiger partial charge is 0.232 e. The van der Waals surface area contributed by atoms with E-state index in [4.69, 9.17) is 0 Å². The first kappa shape index (κ1) is 13.8. The Kier molecular flexibility index (Phi) is 4.27. The van der Waals surface area contributed by atoms with Crippen LogP contribution in [0.2, 0.25) is 0 Å². The number of para-hydroxylation sites is 1. The molecular weight excluding hydrogens is 339 g/mol. The standard InChI is InChI=1S/C14H19IN2O/c1-10(2)14(7-8-16-9-14)13(18)17-12-6-4-3-5-11(12)15/h3-6,10,16H,7-9H2,1-2H3,(H,17,18). The molecular formula is C14H19IN2O. The SMILES string of the molecule is CC(C)C1(C(=O)Nc2ccccc2I)CCNC1. The van der Waals surface area contributed by atoms with Gasteiger partial charge in [0.15, 0.2) is 0 Å². The van der Waals surface area contributed by atoms with Crippen LogP contribution < -0.4 is 10.6 Å². The van der Waals surface area contributed by atoms with Crippen molar-refractivity contribution in [3.05, 3.63) is 27.8 Å². The molecule has 2 N–H and O–H groups in total. The van der Waals surface area contributed by atoms with E-state index in [-0.39, 0.29) is 11.3 Å². The molecule has 18 heavy (non-hydrogen) atoms. The number of benzene rings is 1. The zero-order valence-electron chi connectivity index (χ0n) is 10.8. The zero-order chi connectivity index (χ0) is 13.2. The Labute approximate surface area is 122 Å². The van der Waals surface area contributed by atoms with Crippen molar-refractivity contribution >= 4 is 34.2 Å². The first-order chi connectivity index (χ1) is 8.56. The van der Waals surface area contributed by atoms with E-state index >= 15 is 0 Å². The van der Waals surface area contributed by atoms with Crippen molar-refractivity contribution in [3.8, 4) is 0 Å². The quantitative estimate of drug-likeness (QED) is 0.816. The van der Waals surface area contributed by atoms with Crippen LogP contribution in [-0.4, -0.2) is 19.0 Å². The van der Waals surface area contributed by atoms with Gasteiger partial charge < -0.3 is 10.6 Å². The second-order valence-corrected chi connectivity index (χ2v) is 6.33. The predicted octanol–water partition coefficient (Wildman–Crippen LogP) is 2.87. The summed E-state index contributed by atoms with van der Waals surface area (Å²) < 4.78 is 1.08. The molecule has 0 aliphatic carbocycles. The van der Waals surface area contributed by atoms with Gasteiger partial charge in [-0.2, -0.15) is 0 Å². The summed E-state index contributed by atoms with van der Waals surface area (Å²) in [6.45, 7) is 5.96. The van der Waals surface area contributed by atoms with Gasteiger partial charge in [0.05, 0.1) is 11.1 Å². The van der Waals surface area contributed by atoms with Gasteiger partial charge in [-0.15, -0.1) is 0 Å². The molecule has 3 nitrogen and oxygen atoms in total. The predicted molar refractivity (Wildman–Crippen MR) is 82.5 cm³/mol. The van der Waals surface area contributed by atoms with Crippen LogP contribution in [-0.2, 0) is 4.79 Å². The maximum atomic E-state index is 12.6. The topological polar surface area (TPSA) is 41.1 Å². The molecule has 0 saturated carbocycles. The molecule has 1 aromatic rings. The summed E-state index contributed by atoms with van der Waals surface area (Å²) in [6.07, 6.45) is 0.917. The monoisotopic (exact) mass is 358 g/mol. The van der Waals surface area contributed by atoms with Crippen LogP contribution in [0.15, 0.2) is 24.3 Å². The summed E-state index contributed by atoms with van der Waals surface area (Å²) in [7, 11) is 0. The van der Waals surface area contributed by atoms with Gasteiger partial charge in [-0.3, -0.25) is 4.79 Å². The van der Waals surface area contributed by atoms with Crippen molar-refractivity contribution in [2.45, 2.75) is 20.3 Å². The summed E-state index contributed by atoms with van der Waals surface area (Å²) in [5.41, 5.74) is 0.647. The van der Waals surface area contributed by atoms with E-state index in [1.54, 1.807) is 0 Å². The molecule has 1 aliphatic rings. The van der Waals surface area contributed by atoms with Gasteiger partial charge in [0.2, 0.25) is 5.91 Å². The maximum absolute atomic E-state index is 12.6. The van der Waals surface area contributed by atoms with Crippen molar-refractivity contribution in [2.24, 2.45) is 11.3 Å². The minimum atomic E-state index is -0.265. The van der Waals surface area contributed by atoms with E-state index in [1.165, 1.54) is 0 Å². The molecule has 0 radical (unpaired) electrons. The number of carbonyl (C=O) groups excluding carboxylic acids is 1. The Balaban J connectivity index is 2.19. The van der Waals surface area contributed by atoms with Gasteiger partial charge in [0, 0.05) is 10.1 Å². The Hall–Kier alpha value is -0.620. The molecule has 1 amide bonds. The van der Waals surface area contributed by atoms with E-state index < -0.39 is 0 Å². The van der Waals surface area contributed by atoms with Crippen molar-refractivity contribution in [2.75, 3.05) is 18.4 Å². The Morgan fingerprint density at radius 3 is 2.72 bits per heavy atom. The number of anilines is 1. The molecule has 1 atom stereocenters. The lowest BCUT2D eigenvalue weighted by Gasteiger charge is -2.31. The maximum Gasteiger partial charge on any atom is 0.232 e. The fourth-order valence-electron chi connectivity index (χ4n) is 2.47. The number of rotatable bonds is 3. The van der Waals surface area contributed by atoms with E-state index in [9.17, 15) is 4.79 Å². The van der Waals surface area contributed by atoms with E-state index in [0.29, 0.717) is 5.92 Å². The third-order valence-electron chi connectivity index (χ3n) is 3.87. The number of hydrogen-bond donors (Lipinski definition) is 2. The van der Waals surface area contributed by atoms with Crippen LogP contribution in [0.4, 0.5) is 5.69 Å². The fraction of sp³-hybridized carbons (Fsp3) is 0.500. The number of hydrogen-bond acceptors (Lipinski definition) is 2. The lowest BCUT2D eigenvalue weighted by Crippen LogP contribution is -2.42. The molecule has 1 saturated heterocycles. The second-order valence-electron chi connectivity index (χ2n) is 5.17. The van der Waals surface area contributed by atoms with Crippen molar-refractivity contribution < 1.29 is 4.79 Å². The summed E-state index contributed by atoms with van der Waals surface area (Å²) in [5, 5.41) is 6.40. The Morgan fingerprint density at radius 1 is 1.44 bits per heavy atom. The van der Waals surface area contributed by atoms with E-state index in [0.717, 1.165) is 28.8 Å². The molecule has 98 valence electrons. The molecule has 1 aromatic carbocycles. The van der Waals surface area contributed by atoms with Crippen LogP contribution in [0.25, 0.3) is 0 Å². The largest absolute Gasteiger partial charge is 0.325 e. The molecule has 1 aliphatic heterocycles. The number of amides is 1. The summed E-state index contributed by atoms with van der Waals surface area (Å²) in [4.78, 5) is 12.6. The highest BCUT2D eigenvalue weighted by Gasteiger charge is 2.43. The fourth-order valence-corrected chi connectivity index (χ4v) is 2.99. The summed E-state index contributed by atoms with van der Waals surface area (Å²) in [6, 6.07) is 7.89. The van der Waals surface area contributed by atoms with Crippen LogP contribution in [0.1, 0.15) is 20.3 Å². The average Bonchev–Trinajstić information content (AvgIpc) is 2.82. The number of nitrogens with one attached hydrogen (secondary N) is 2. The Morgan fingerprint density at radius 2 is 2.17 bits per heavy atom. The van der Waals surface area contributed by atoms with Crippen molar-refractivity contribution in [1.82, 2.24) is 5.32 Å². The molecule has 4 heteroatoms. The van der Waals surface area contributed by atoms with Gasteiger partial charge in [0.25, 0.3) is 0 Å². The number of carbonyl (C=O) groups is 1. The highest BCUT2D eigenvalue weighted by atomic mass is 127. The highest BCUT2D eigenvalue weighted by molar-refractivity contribution is 14.1. The van der Waals surface area contributed by atoms with Gasteiger partial charge in [0.1, 0.15) is 0 Å². The average molecular weight is 358 g/mol. The minimum absolute atomic E-state index is 0.145. The molecule has 1 heterocycles. The van der Waals surface area contributed by atoms with Gasteiger partial charge in [-0.1, -0.05) is 26.0 Å². The first-order valence-corrected chi connectivity index (χ1v) is 7.41. The van der Waals surface area contributed by atoms with Gasteiger partial charge >= 0.3 is 0 Å². The summed E-state index contributed by atoms with van der Waals surface area (Å²) >= 11 is 2.25. The molecule has 2 rings (SSSR count).